The van der Waals surface area contributed by atoms with Crippen molar-refractivity contribution >= 4 is 34.1 Å². The minimum absolute atomic E-state index is 0.0761. The van der Waals surface area contributed by atoms with Gasteiger partial charge in [-0.15, -0.1) is 10.2 Å². The highest BCUT2D eigenvalue weighted by atomic mass is 19.1. The van der Waals surface area contributed by atoms with Crippen LogP contribution in [0.1, 0.15) is 16.8 Å². The normalized spacial score (nSPS) is 14.1. The van der Waals surface area contributed by atoms with Gasteiger partial charge in [0.2, 0.25) is 5.95 Å². The Morgan fingerprint density at radius 3 is 2.47 bits per heavy atom. The first-order valence-corrected chi connectivity index (χ1v) is 12.2. The first kappa shape index (κ1) is 23.5. The van der Waals surface area contributed by atoms with E-state index in [2.05, 4.69) is 15.1 Å². The van der Waals surface area contributed by atoms with Gasteiger partial charge in [-0.05, 0) is 48.9 Å². The van der Waals surface area contributed by atoms with Crippen LogP contribution in [0.15, 0.2) is 72.8 Å². The van der Waals surface area contributed by atoms with Crippen molar-refractivity contribution in [3.63, 3.8) is 0 Å². The number of aromatic nitrogens is 4. The zero-order valence-corrected chi connectivity index (χ0v) is 20.2. The largest absolute Gasteiger partial charge is 0.340 e. The van der Waals surface area contributed by atoms with Gasteiger partial charge in [-0.1, -0.05) is 24.3 Å². The second kappa shape index (κ2) is 9.51. The van der Waals surface area contributed by atoms with E-state index in [1.807, 2.05) is 24.3 Å². The maximum Gasteiger partial charge on any atom is 0.280 e. The summed E-state index contributed by atoms with van der Waals surface area (Å²) in [5.41, 5.74) is 1.96. The number of nitrogens with zero attached hydrogens (tertiary/aromatic N) is 7. The summed E-state index contributed by atoms with van der Waals surface area (Å²) in [6.45, 7) is 2.03. The molecule has 0 radical (unpaired) electrons. The summed E-state index contributed by atoms with van der Waals surface area (Å²) in [4.78, 5) is 33.2. The zero-order chi connectivity index (χ0) is 26.2. The zero-order valence-electron chi connectivity index (χ0n) is 20.2. The molecule has 1 fully saturated rings. The van der Waals surface area contributed by atoms with Gasteiger partial charge in [-0.3, -0.25) is 14.9 Å². The lowest BCUT2D eigenvalue weighted by Gasteiger charge is -2.24. The Morgan fingerprint density at radius 1 is 0.895 bits per heavy atom. The van der Waals surface area contributed by atoms with E-state index < -0.39 is 10.7 Å². The topological polar surface area (TPSA) is 110 Å². The minimum Gasteiger partial charge on any atom is -0.340 e. The van der Waals surface area contributed by atoms with Gasteiger partial charge in [-0.25, -0.2) is 13.8 Å². The minimum atomic E-state index is -0.435. The van der Waals surface area contributed by atoms with Crippen molar-refractivity contribution in [3.05, 3.63) is 94.3 Å². The van der Waals surface area contributed by atoms with Crippen LogP contribution in [-0.4, -0.2) is 61.5 Å². The fourth-order valence-corrected chi connectivity index (χ4v) is 4.87. The van der Waals surface area contributed by atoms with Crippen LogP contribution in [0.4, 0.5) is 16.0 Å². The van der Waals surface area contributed by atoms with Crippen molar-refractivity contribution in [2.24, 2.45) is 0 Å². The molecule has 0 spiro atoms. The number of anilines is 1. The number of nitro groups is 1. The molecular formula is C27H22FN7O3. The maximum absolute atomic E-state index is 13.3. The molecule has 3 heterocycles. The summed E-state index contributed by atoms with van der Waals surface area (Å²) in [6.07, 6.45) is 0.672. The molecule has 190 valence electrons. The van der Waals surface area contributed by atoms with Crippen LogP contribution in [0.2, 0.25) is 0 Å². The van der Waals surface area contributed by atoms with Gasteiger partial charge in [-0.2, -0.15) is 0 Å². The Hall–Kier alpha value is -4.93. The second-order valence-electron chi connectivity index (χ2n) is 9.03. The van der Waals surface area contributed by atoms with E-state index in [0.717, 1.165) is 10.9 Å². The van der Waals surface area contributed by atoms with Crippen molar-refractivity contribution in [1.29, 1.82) is 0 Å². The number of nitro benzene ring substituents is 1. The van der Waals surface area contributed by atoms with E-state index in [0.29, 0.717) is 61.1 Å². The first-order valence-electron chi connectivity index (χ1n) is 12.2. The molecule has 0 bridgehead atoms. The van der Waals surface area contributed by atoms with Gasteiger partial charge < -0.3 is 9.80 Å². The highest BCUT2D eigenvalue weighted by Gasteiger charge is 2.27. The first-order chi connectivity index (χ1) is 18.5. The van der Waals surface area contributed by atoms with Gasteiger partial charge in [0.1, 0.15) is 5.82 Å². The molecule has 38 heavy (non-hydrogen) atoms. The Balaban J connectivity index is 1.43. The summed E-state index contributed by atoms with van der Waals surface area (Å²) in [5.74, 6) is 0.323. The van der Waals surface area contributed by atoms with E-state index in [9.17, 15) is 19.3 Å². The molecular weight excluding hydrogens is 489 g/mol. The molecule has 5 aromatic rings. The fourth-order valence-electron chi connectivity index (χ4n) is 4.87. The summed E-state index contributed by atoms with van der Waals surface area (Å²) in [6, 6.07) is 19.5. The van der Waals surface area contributed by atoms with Crippen LogP contribution < -0.4 is 4.90 Å². The third-order valence-corrected chi connectivity index (χ3v) is 6.73. The van der Waals surface area contributed by atoms with E-state index >= 15 is 0 Å². The number of para-hydroxylation sites is 2. The van der Waals surface area contributed by atoms with Crippen LogP contribution in [0, 0.1) is 15.9 Å². The molecule has 0 aliphatic carbocycles. The molecule has 1 amide bonds. The Kier molecular flexibility index (Phi) is 5.87. The number of fused-ring (bicyclic) bond motifs is 3. The van der Waals surface area contributed by atoms with E-state index in [4.69, 9.17) is 4.98 Å². The predicted octanol–water partition coefficient (Wildman–Crippen LogP) is 4.34. The molecule has 11 heteroatoms. The van der Waals surface area contributed by atoms with Gasteiger partial charge in [0.05, 0.1) is 16.0 Å². The molecule has 1 aliphatic rings. The number of halogens is 1. The molecule has 0 unspecified atom stereocenters. The Labute approximate surface area is 216 Å². The van der Waals surface area contributed by atoms with Gasteiger partial charge in [0.15, 0.2) is 11.5 Å². The van der Waals surface area contributed by atoms with Crippen molar-refractivity contribution in [2.75, 3.05) is 31.1 Å². The van der Waals surface area contributed by atoms with Gasteiger partial charge >= 0.3 is 0 Å². The van der Waals surface area contributed by atoms with Crippen molar-refractivity contribution < 1.29 is 14.1 Å². The summed E-state index contributed by atoms with van der Waals surface area (Å²) in [5, 5.41) is 21.4. The standard InChI is InChI=1S/C27H22FN7O3/c28-19-12-10-18(11-13-19)26(36)32-14-5-15-33(17-16-32)27-29-22-8-3-1-6-20(22)24-30-31-25(34(24)27)21-7-2-4-9-23(21)35(37)38/h1-4,6-13H,5,14-17H2. The fraction of sp³-hybridized carbons (Fsp3) is 0.185. The van der Waals surface area contributed by atoms with Crippen molar-refractivity contribution in [2.45, 2.75) is 6.42 Å². The molecule has 10 nitrogen and oxygen atoms in total. The lowest BCUT2D eigenvalue weighted by molar-refractivity contribution is -0.384. The van der Waals surface area contributed by atoms with E-state index in [1.54, 1.807) is 27.5 Å². The summed E-state index contributed by atoms with van der Waals surface area (Å²) < 4.78 is 15.1. The Bertz CT molecular complexity index is 1690. The van der Waals surface area contributed by atoms with Crippen LogP contribution in [0.5, 0.6) is 0 Å². The molecule has 0 atom stereocenters. The number of amides is 1. The maximum atomic E-state index is 13.3. The number of hydrogen-bond acceptors (Lipinski definition) is 7. The molecule has 1 aliphatic heterocycles. The van der Waals surface area contributed by atoms with Gasteiger partial charge in [0, 0.05) is 43.2 Å². The molecule has 1 saturated heterocycles. The molecule has 6 rings (SSSR count). The SMILES string of the molecule is O=C(c1ccc(F)cc1)N1CCCN(c2nc3ccccc3c3nnc(-c4ccccc4[N+](=O)[O-])n23)CC1. The average molecular weight is 512 g/mol. The second-order valence-corrected chi connectivity index (χ2v) is 9.03. The number of carbonyl (C=O) groups excluding carboxylic acids is 1. The third-order valence-electron chi connectivity index (χ3n) is 6.73. The monoisotopic (exact) mass is 511 g/mol. The lowest BCUT2D eigenvalue weighted by atomic mass is 10.1. The summed E-state index contributed by atoms with van der Waals surface area (Å²) in [7, 11) is 0. The van der Waals surface area contributed by atoms with E-state index in [-0.39, 0.29) is 11.6 Å². The molecule has 0 N–H and O–H groups in total. The quantitative estimate of drug-likeness (QED) is 0.261. The Morgan fingerprint density at radius 2 is 1.66 bits per heavy atom. The molecule has 0 saturated carbocycles. The van der Waals surface area contributed by atoms with E-state index in [1.165, 1.54) is 30.3 Å². The highest BCUT2D eigenvalue weighted by molar-refractivity contribution is 5.95. The third kappa shape index (κ3) is 4.07. The van der Waals surface area contributed by atoms with Crippen LogP contribution in [0.25, 0.3) is 27.9 Å². The summed E-state index contributed by atoms with van der Waals surface area (Å²) >= 11 is 0. The highest BCUT2D eigenvalue weighted by Crippen LogP contribution is 2.33. The average Bonchev–Trinajstić information content (AvgIpc) is 3.24. The van der Waals surface area contributed by atoms with Crippen LogP contribution in [-0.2, 0) is 0 Å². The number of carbonyl (C=O) groups is 1. The van der Waals surface area contributed by atoms with Crippen LogP contribution >= 0.6 is 0 Å². The van der Waals surface area contributed by atoms with Crippen molar-refractivity contribution in [3.8, 4) is 11.4 Å². The number of benzene rings is 3. The van der Waals surface area contributed by atoms with Crippen LogP contribution in [0.3, 0.4) is 0 Å². The number of hydrogen-bond donors (Lipinski definition) is 0. The number of rotatable bonds is 4. The lowest BCUT2D eigenvalue weighted by Crippen LogP contribution is -2.36. The van der Waals surface area contributed by atoms with Crippen molar-refractivity contribution in [1.82, 2.24) is 24.5 Å². The molecule has 2 aromatic heterocycles. The van der Waals surface area contributed by atoms with Gasteiger partial charge in [0.25, 0.3) is 11.6 Å². The molecule has 3 aromatic carbocycles. The predicted molar refractivity (Wildman–Crippen MR) is 140 cm³/mol. The smallest absolute Gasteiger partial charge is 0.280 e.